The summed E-state index contributed by atoms with van der Waals surface area (Å²) in [5, 5.41) is 0. The Morgan fingerprint density at radius 2 is 0.460 bits per heavy atom. The van der Waals surface area contributed by atoms with Gasteiger partial charge in [-0.15, -0.1) is 0 Å². The average Bonchev–Trinajstić information content (AvgIpc) is 2.81. The third-order valence-corrected chi connectivity index (χ3v) is 9.72. The van der Waals surface area contributed by atoms with Gasteiger partial charge in [-0.2, -0.15) is 0 Å². The van der Waals surface area contributed by atoms with Crippen LogP contribution in [0.5, 0.6) is 0 Å². The monoisotopic (exact) mass is 875 g/mol. The fourth-order valence-electron chi connectivity index (χ4n) is 2.65. The van der Waals surface area contributed by atoms with Crippen molar-refractivity contribution < 1.29 is 240 Å². The van der Waals surface area contributed by atoms with Crippen molar-refractivity contribution in [2.45, 2.75) is 63.2 Å². The number of hydrogen-bond donors (Lipinski definition) is 5. The first kappa shape index (κ1) is 64.5. The minimum atomic E-state index is -4.02. The van der Waals surface area contributed by atoms with E-state index in [1.807, 2.05) is 0 Å². The fraction of sp³-hybridized carbons (Fsp3) is 1.00. The van der Waals surface area contributed by atoms with Gasteiger partial charge in [-0.05, 0) is 0 Å². The van der Waals surface area contributed by atoms with E-state index in [2.05, 4.69) is 45.2 Å². The third kappa shape index (κ3) is 34.2. The minimum absolute atomic E-state index is 0. The van der Waals surface area contributed by atoms with Crippen molar-refractivity contribution in [3.63, 3.8) is 0 Å². The van der Waals surface area contributed by atoms with Gasteiger partial charge in [0, 0.05) is 32.1 Å². The first-order chi connectivity index (χ1) is 20.5. The van der Waals surface area contributed by atoms with Gasteiger partial charge in [0.05, 0.1) is 33.0 Å². The van der Waals surface area contributed by atoms with Crippen LogP contribution in [0.25, 0.3) is 0 Å². The van der Waals surface area contributed by atoms with Crippen molar-refractivity contribution in [2.75, 3.05) is 33.0 Å². The summed E-state index contributed by atoms with van der Waals surface area (Å²) in [6.45, 7) is 0.635. The Hall–Kier alpha value is 5.35. The molecule has 270 valence electrons. The molecule has 0 aromatic heterocycles. The van der Waals surface area contributed by atoms with Crippen LogP contribution in [-0.4, -0.2) is 64.2 Å². The molecule has 5 fully saturated rings. The van der Waals surface area contributed by atoms with Gasteiger partial charge in [0.1, 0.15) is 31.1 Å². The van der Waals surface area contributed by atoms with Gasteiger partial charge < -0.3 is 75.8 Å². The van der Waals surface area contributed by atoms with E-state index < -0.39 is 70.3 Å². The van der Waals surface area contributed by atoms with Gasteiger partial charge >= 0.3 is 148 Å². The summed E-state index contributed by atoms with van der Waals surface area (Å²) < 4.78 is 94.1. The predicted molar refractivity (Wildman–Crippen MR) is 136 cm³/mol. The van der Waals surface area contributed by atoms with Gasteiger partial charge in [0.25, 0.3) is 39.1 Å². The van der Waals surface area contributed by atoms with Crippen molar-refractivity contribution in [2.24, 2.45) is 28.7 Å². The Morgan fingerprint density at radius 1 is 0.340 bits per heavy atom. The summed E-state index contributed by atoms with van der Waals surface area (Å²) in [6, 6.07) is 0. The van der Waals surface area contributed by atoms with E-state index in [0.29, 0.717) is 32.1 Å². The van der Waals surface area contributed by atoms with Gasteiger partial charge in [-0.1, -0.05) is 0 Å². The van der Waals surface area contributed by atoms with Gasteiger partial charge in [0.2, 0.25) is 0 Å². The Bertz CT molecular complexity index is 965. The number of phosphoric acid groups is 5. The average molecular weight is 875 g/mol. The van der Waals surface area contributed by atoms with Gasteiger partial charge in [0.15, 0.2) is 0 Å². The molecule has 0 spiro atoms. The van der Waals surface area contributed by atoms with E-state index in [0.717, 1.165) is 0 Å². The van der Waals surface area contributed by atoms with Crippen LogP contribution >= 0.6 is 39.1 Å². The topological polar surface area (TPSA) is 423 Å². The fourth-order valence-corrected chi connectivity index (χ4v) is 6.78. The molecule has 25 nitrogen and oxygen atoms in total. The zero-order valence-electron chi connectivity index (χ0n) is 28.2. The van der Waals surface area contributed by atoms with Crippen molar-refractivity contribution in [1.29, 1.82) is 0 Å². The molecule has 5 heterocycles. The van der Waals surface area contributed by atoms with Crippen LogP contribution in [0.4, 0.5) is 0 Å². The maximum absolute atomic E-state index is 10.4. The SMILES string of the molecule is NC1CCOP(=O)([O-])O1.NC1CCOP(=O)([O-])O1.NC1CCOP(=O)([O-])O1.NC1CCOP(=O)([O-])O1.NC1CCOP(=O)([O-])O1.[Na+].[Na+].[Na+].[Na+].[Na+]. The molecule has 0 bridgehead atoms. The quantitative estimate of drug-likeness (QED) is 0.111. The van der Waals surface area contributed by atoms with Crippen molar-refractivity contribution in [3.8, 4) is 0 Å². The second-order valence-corrected chi connectivity index (χ2v) is 15.4. The summed E-state index contributed by atoms with van der Waals surface area (Å²) in [5.41, 5.74) is 25.7. The Balaban J connectivity index is -0.000000165. The molecular formula is C15H35N5Na5O20P5. The third-order valence-electron chi connectivity index (χ3n) is 4.58. The summed E-state index contributed by atoms with van der Waals surface area (Å²) >= 11 is 0. The number of hydrogen-bond acceptors (Lipinski definition) is 25. The van der Waals surface area contributed by atoms with Crippen molar-refractivity contribution in [3.05, 3.63) is 0 Å². The molecule has 5 saturated heterocycles. The standard InChI is InChI=1S/5C3H8NO4P.5Na/c5*4-3-1-2-7-9(5,6)8-3;;;;;/h5*3H,1-2,4H2,(H,5,6);;;;;/q;;;;;5*+1/p-5. The minimum Gasteiger partial charge on any atom is -0.756 e. The second-order valence-electron chi connectivity index (χ2n) is 8.56. The normalized spacial score (nSPS) is 40.4. The van der Waals surface area contributed by atoms with Gasteiger partial charge in [-0.3, -0.25) is 45.4 Å². The number of rotatable bonds is 0. The molecule has 0 radical (unpaired) electrons. The first-order valence-electron chi connectivity index (χ1n) is 12.5. The molecule has 5 aliphatic heterocycles. The molecule has 0 aromatic rings. The number of phosphoric ester groups is 5. The van der Waals surface area contributed by atoms with E-state index in [1.165, 1.54) is 0 Å². The van der Waals surface area contributed by atoms with E-state index in [1.54, 1.807) is 0 Å². The largest absolute Gasteiger partial charge is 1.00 e. The van der Waals surface area contributed by atoms with E-state index in [4.69, 9.17) is 28.7 Å². The van der Waals surface area contributed by atoms with Crippen LogP contribution in [0.15, 0.2) is 0 Å². The summed E-state index contributed by atoms with van der Waals surface area (Å²) in [6.07, 6.45) is -1.49. The zero-order chi connectivity index (χ0) is 34.5. The van der Waals surface area contributed by atoms with Crippen LogP contribution in [0.1, 0.15) is 32.1 Å². The Morgan fingerprint density at radius 3 is 0.520 bits per heavy atom. The van der Waals surface area contributed by atoms with Crippen LogP contribution in [0.3, 0.4) is 0 Å². The van der Waals surface area contributed by atoms with Gasteiger partial charge in [-0.25, -0.2) is 0 Å². The summed E-state index contributed by atoms with van der Waals surface area (Å²) in [5.74, 6) is 0. The summed E-state index contributed by atoms with van der Waals surface area (Å²) in [7, 11) is -20.1. The van der Waals surface area contributed by atoms with Crippen LogP contribution in [0.2, 0.25) is 0 Å². The van der Waals surface area contributed by atoms with E-state index in [9.17, 15) is 47.3 Å². The maximum atomic E-state index is 10.4. The molecule has 0 saturated carbocycles. The molecular weight excluding hydrogens is 840 g/mol. The molecule has 5 rings (SSSR count). The van der Waals surface area contributed by atoms with Crippen LogP contribution < -0.4 is 201 Å². The maximum Gasteiger partial charge on any atom is 1.00 e. The van der Waals surface area contributed by atoms with Crippen molar-refractivity contribution >= 4 is 39.1 Å². The smallest absolute Gasteiger partial charge is 0.756 e. The zero-order valence-corrected chi connectivity index (χ0v) is 42.7. The molecule has 0 aliphatic carbocycles. The van der Waals surface area contributed by atoms with E-state index >= 15 is 0 Å². The molecule has 0 amide bonds. The van der Waals surface area contributed by atoms with Crippen LogP contribution in [0, 0.1) is 0 Å². The van der Waals surface area contributed by atoms with Crippen molar-refractivity contribution in [1.82, 2.24) is 0 Å². The molecule has 0 aromatic carbocycles. The number of nitrogens with two attached hydrogens (primary N) is 5. The summed E-state index contributed by atoms with van der Waals surface area (Å²) in [4.78, 5) is 51.8. The molecule has 35 heteroatoms. The predicted octanol–water partition coefficient (Wildman–Crippen LogP) is -19.1. The van der Waals surface area contributed by atoms with Crippen LogP contribution in [-0.2, 0) is 68.1 Å². The molecule has 10 N–H and O–H groups in total. The second kappa shape index (κ2) is 31.3. The Kier molecular flexibility index (Phi) is 40.3. The molecule has 50 heavy (non-hydrogen) atoms. The molecule has 10 unspecified atom stereocenters. The Labute approximate surface area is 398 Å². The van der Waals surface area contributed by atoms with E-state index in [-0.39, 0.29) is 181 Å². The first-order valence-corrected chi connectivity index (χ1v) is 19.8. The molecule has 5 aliphatic rings. The molecule has 10 atom stereocenters.